The van der Waals surface area contributed by atoms with Crippen molar-refractivity contribution in [2.45, 2.75) is 105 Å². The molecule has 0 spiro atoms. The molecule has 0 saturated heterocycles. The Hall–Kier alpha value is -3.54. The molecule has 0 radical (unpaired) electrons. The van der Waals surface area contributed by atoms with Gasteiger partial charge in [-0.2, -0.15) is 0 Å². The van der Waals surface area contributed by atoms with E-state index >= 15 is 0 Å². The highest BCUT2D eigenvalue weighted by Gasteiger charge is 2.34. The summed E-state index contributed by atoms with van der Waals surface area (Å²) in [5.41, 5.74) is 4.45. The summed E-state index contributed by atoms with van der Waals surface area (Å²) >= 11 is 0. The molecule has 0 aliphatic rings. The van der Waals surface area contributed by atoms with Crippen molar-refractivity contribution in [3.63, 3.8) is 0 Å². The smallest absolute Gasteiger partial charge is 0.480 e. The maximum absolute atomic E-state index is 12.7. The van der Waals surface area contributed by atoms with Gasteiger partial charge in [0.2, 0.25) is 0 Å². The lowest BCUT2D eigenvalue weighted by molar-refractivity contribution is -0.139. The Bertz CT molecular complexity index is 1090. The molecule has 0 amide bonds. The predicted octanol–water partition coefficient (Wildman–Crippen LogP) is 6.43. The highest BCUT2D eigenvalue weighted by atomic mass is 16.8. The molecule has 0 saturated carbocycles. The van der Waals surface area contributed by atoms with Crippen LogP contribution in [0.5, 0.6) is 11.5 Å². The van der Waals surface area contributed by atoms with Gasteiger partial charge in [0.15, 0.2) is 11.5 Å². The van der Waals surface area contributed by atoms with Crippen molar-refractivity contribution in [1.82, 2.24) is 0 Å². The first kappa shape index (κ1) is 36.5. The lowest BCUT2D eigenvalue weighted by Crippen LogP contribution is -2.40. The summed E-state index contributed by atoms with van der Waals surface area (Å²) in [7, 11) is 0. The SMILES string of the molecule is CCC(C)(C)OC(=O)Oc1ccc(C(C(C)COC(=O)OCC(C)(C)C)[C@H](N)C(=O)O)cc1OC(=O)OC(C)(C)CC. The topological polar surface area (TPSA) is 170 Å². The van der Waals surface area contributed by atoms with Gasteiger partial charge in [-0.15, -0.1) is 0 Å². The van der Waals surface area contributed by atoms with E-state index in [2.05, 4.69) is 0 Å². The minimum Gasteiger partial charge on any atom is -0.480 e. The van der Waals surface area contributed by atoms with Crippen LogP contribution in [0.3, 0.4) is 0 Å². The Morgan fingerprint density at radius 1 is 0.810 bits per heavy atom. The normalized spacial score (nSPS) is 14.2. The van der Waals surface area contributed by atoms with Gasteiger partial charge in [-0.05, 0) is 69.6 Å². The van der Waals surface area contributed by atoms with E-state index < -0.39 is 53.5 Å². The highest BCUT2D eigenvalue weighted by Crippen LogP contribution is 2.36. The number of hydrogen-bond donors (Lipinski definition) is 2. The van der Waals surface area contributed by atoms with Crippen molar-refractivity contribution in [1.29, 1.82) is 0 Å². The first-order valence-corrected chi connectivity index (χ1v) is 13.9. The van der Waals surface area contributed by atoms with E-state index in [-0.39, 0.29) is 30.1 Å². The standard InChI is InChI=1S/C30H47NO11/c1-11-29(7,8)41-26(35)39-20-14-13-19(15-21(20)40-27(36)42-30(9,10)12-2)22(23(31)24(32)33)18(3)16-37-25(34)38-17-28(4,5)6/h13-15,18,22-23H,11-12,16-17,31H2,1-10H3,(H,32,33)/t18?,22?,23-/m0/s1. The second-order valence-corrected chi connectivity index (χ2v) is 12.6. The number of rotatable bonds is 13. The Labute approximate surface area is 248 Å². The molecular formula is C30H47NO11. The summed E-state index contributed by atoms with van der Waals surface area (Å²) in [5.74, 6) is -3.25. The zero-order chi connectivity index (χ0) is 32.5. The van der Waals surface area contributed by atoms with Crippen LogP contribution in [0.4, 0.5) is 14.4 Å². The number of carbonyl (C=O) groups is 4. The van der Waals surface area contributed by atoms with E-state index in [1.807, 2.05) is 34.6 Å². The Balaban J connectivity index is 3.39. The van der Waals surface area contributed by atoms with Crippen LogP contribution in [-0.4, -0.2) is 60.0 Å². The molecule has 0 aliphatic heterocycles. The molecule has 2 unspecified atom stereocenters. The third-order valence-corrected chi connectivity index (χ3v) is 6.53. The molecule has 3 N–H and O–H groups in total. The number of hydrogen-bond acceptors (Lipinski definition) is 11. The zero-order valence-corrected chi connectivity index (χ0v) is 26.4. The molecule has 1 rings (SSSR count). The van der Waals surface area contributed by atoms with E-state index in [9.17, 15) is 24.3 Å². The van der Waals surface area contributed by atoms with Gasteiger partial charge in [0, 0.05) is 5.92 Å². The first-order valence-electron chi connectivity index (χ1n) is 13.9. The van der Waals surface area contributed by atoms with Gasteiger partial charge in [0.1, 0.15) is 17.2 Å². The monoisotopic (exact) mass is 597 g/mol. The number of nitrogens with two attached hydrogens (primary N) is 1. The van der Waals surface area contributed by atoms with Crippen molar-refractivity contribution >= 4 is 24.4 Å². The Morgan fingerprint density at radius 2 is 1.31 bits per heavy atom. The fourth-order valence-electron chi connectivity index (χ4n) is 3.38. The largest absolute Gasteiger partial charge is 0.514 e. The molecule has 0 aromatic heterocycles. The number of aliphatic carboxylic acids is 1. The van der Waals surface area contributed by atoms with Crippen LogP contribution in [0.1, 0.15) is 93.6 Å². The fourth-order valence-corrected chi connectivity index (χ4v) is 3.38. The molecule has 0 fully saturated rings. The molecule has 1 aromatic rings. The van der Waals surface area contributed by atoms with Crippen LogP contribution in [-0.2, 0) is 23.7 Å². The molecule has 12 heteroatoms. The van der Waals surface area contributed by atoms with E-state index in [4.69, 9.17) is 34.2 Å². The van der Waals surface area contributed by atoms with Gasteiger partial charge in [-0.1, -0.05) is 47.6 Å². The molecule has 0 aliphatic carbocycles. The Morgan fingerprint density at radius 3 is 1.76 bits per heavy atom. The van der Waals surface area contributed by atoms with Gasteiger partial charge >= 0.3 is 24.4 Å². The van der Waals surface area contributed by atoms with Gasteiger partial charge in [-0.3, -0.25) is 4.79 Å². The van der Waals surface area contributed by atoms with Crippen LogP contribution in [0, 0.1) is 11.3 Å². The van der Waals surface area contributed by atoms with Crippen molar-refractivity contribution in [3.8, 4) is 11.5 Å². The van der Waals surface area contributed by atoms with Gasteiger partial charge in [0.05, 0.1) is 13.2 Å². The average Bonchev–Trinajstić information content (AvgIpc) is 2.86. The molecule has 3 atom stereocenters. The lowest BCUT2D eigenvalue weighted by Gasteiger charge is -2.28. The number of benzene rings is 1. The van der Waals surface area contributed by atoms with Gasteiger partial charge in [-0.25, -0.2) is 14.4 Å². The fraction of sp³-hybridized carbons (Fsp3) is 0.667. The zero-order valence-electron chi connectivity index (χ0n) is 26.4. The molecule has 0 bridgehead atoms. The van der Waals surface area contributed by atoms with E-state index in [1.165, 1.54) is 18.2 Å². The quantitative estimate of drug-likeness (QED) is 0.145. The first-order chi connectivity index (χ1) is 19.2. The van der Waals surface area contributed by atoms with E-state index in [0.29, 0.717) is 18.4 Å². The lowest BCUT2D eigenvalue weighted by atomic mass is 9.82. The van der Waals surface area contributed by atoms with Crippen LogP contribution in [0.25, 0.3) is 0 Å². The van der Waals surface area contributed by atoms with Crippen molar-refractivity contribution < 1.29 is 52.7 Å². The molecule has 12 nitrogen and oxygen atoms in total. The molecule has 238 valence electrons. The Kier molecular flexibility index (Phi) is 13.1. The third kappa shape index (κ3) is 12.5. The van der Waals surface area contributed by atoms with E-state index in [0.717, 1.165) is 0 Å². The molecule has 1 aromatic carbocycles. The highest BCUT2D eigenvalue weighted by molar-refractivity contribution is 5.75. The van der Waals surface area contributed by atoms with Crippen molar-refractivity contribution in [2.24, 2.45) is 17.1 Å². The predicted molar refractivity (Wildman–Crippen MR) is 154 cm³/mol. The average molecular weight is 598 g/mol. The molecular weight excluding hydrogens is 550 g/mol. The third-order valence-electron chi connectivity index (χ3n) is 6.53. The van der Waals surface area contributed by atoms with Crippen molar-refractivity contribution in [3.05, 3.63) is 23.8 Å². The van der Waals surface area contributed by atoms with Gasteiger partial charge < -0.3 is 39.3 Å². The summed E-state index contributed by atoms with van der Waals surface area (Å²) in [6.45, 7) is 17.7. The summed E-state index contributed by atoms with van der Waals surface area (Å²) in [6.07, 6.45) is -1.99. The number of carbonyl (C=O) groups excluding carboxylic acids is 3. The minimum atomic E-state index is -1.44. The molecule has 42 heavy (non-hydrogen) atoms. The second-order valence-electron chi connectivity index (χ2n) is 12.6. The minimum absolute atomic E-state index is 0.128. The van der Waals surface area contributed by atoms with Crippen molar-refractivity contribution in [2.75, 3.05) is 13.2 Å². The van der Waals surface area contributed by atoms with Crippen LogP contribution in [0.2, 0.25) is 0 Å². The summed E-state index contributed by atoms with van der Waals surface area (Å²) in [5, 5.41) is 9.74. The maximum Gasteiger partial charge on any atom is 0.514 e. The maximum atomic E-state index is 12.7. The number of carboxylic acids is 1. The van der Waals surface area contributed by atoms with Gasteiger partial charge in [0.25, 0.3) is 0 Å². The summed E-state index contributed by atoms with van der Waals surface area (Å²) in [4.78, 5) is 49.2. The summed E-state index contributed by atoms with van der Waals surface area (Å²) < 4.78 is 31.8. The van der Waals surface area contributed by atoms with Crippen LogP contribution < -0.4 is 15.2 Å². The number of carboxylic acid groups (broad SMARTS) is 1. The summed E-state index contributed by atoms with van der Waals surface area (Å²) in [6, 6.07) is 2.70. The van der Waals surface area contributed by atoms with Crippen LogP contribution >= 0.6 is 0 Å². The molecule has 0 heterocycles. The number of ether oxygens (including phenoxy) is 6. The second kappa shape index (κ2) is 15.1. The van der Waals surface area contributed by atoms with E-state index in [1.54, 1.807) is 34.6 Å². The van der Waals surface area contributed by atoms with Crippen LogP contribution in [0.15, 0.2) is 18.2 Å².